The molecular weight excluding hydrogens is 388 g/mol. The summed E-state index contributed by atoms with van der Waals surface area (Å²) < 4.78 is 5.21. The van der Waals surface area contributed by atoms with E-state index in [1.807, 2.05) is 42.5 Å². The van der Waals surface area contributed by atoms with Crippen LogP contribution in [0.5, 0.6) is 5.75 Å². The van der Waals surface area contributed by atoms with Gasteiger partial charge in [0.05, 0.1) is 25.6 Å². The molecule has 1 saturated heterocycles. The first-order chi connectivity index (χ1) is 14.1. The minimum Gasteiger partial charge on any atom is -0.497 e. The van der Waals surface area contributed by atoms with Crippen LogP contribution in [0.2, 0.25) is 5.02 Å². The zero-order chi connectivity index (χ0) is 20.2. The number of ether oxygens (including phenoxy) is 1. The Hall–Kier alpha value is -2.86. The molecule has 1 N–H and O–H groups in total. The van der Waals surface area contributed by atoms with E-state index in [2.05, 4.69) is 15.2 Å². The fraction of sp³-hybridized carbons (Fsp3) is 0.318. The van der Waals surface area contributed by atoms with Crippen molar-refractivity contribution in [3.8, 4) is 5.75 Å². The van der Waals surface area contributed by atoms with Crippen LogP contribution < -0.4 is 15.0 Å². The summed E-state index contributed by atoms with van der Waals surface area (Å²) in [5, 5.41) is 4.55. The van der Waals surface area contributed by atoms with Crippen molar-refractivity contribution in [3.63, 3.8) is 0 Å². The highest BCUT2D eigenvalue weighted by molar-refractivity contribution is 6.31. The van der Waals surface area contributed by atoms with Gasteiger partial charge in [0, 0.05) is 23.5 Å². The van der Waals surface area contributed by atoms with E-state index in [0.29, 0.717) is 10.8 Å². The zero-order valence-corrected chi connectivity index (χ0v) is 17.1. The highest BCUT2D eigenvalue weighted by Gasteiger charge is 2.18. The molecule has 0 saturated carbocycles. The van der Waals surface area contributed by atoms with Crippen molar-refractivity contribution < 1.29 is 9.53 Å². The van der Waals surface area contributed by atoms with Crippen molar-refractivity contribution in [1.29, 1.82) is 0 Å². The molecule has 0 atom stereocenters. The van der Waals surface area contributed by atoms with Crippen LogP contribution in [-0.2, 0) is 17.8 Å². The number of amides is 1. The summed E-state index contributed by atoms with van der Waals surface area (Å²) in [5.41, 5.74) is 1.73. The van der Waals surface area contributed by atoms with Crippen molar-refractivity contribution in [2.75, 3.05) is 25.1 Å². The summed E-state index contributed by atoms with van der Waals surface area (Å²) in [7, 11) is 1.61. The number of hydrogen-bond donors (Lipinski definition) is 1. The molecule has 1 aliphatic heterocycles. The van der Waals surface area contributed by atoms with E-state index in [4.69, 9.17) is 21.3 Å². The summed E-state index contributed by atoms with van der Waals surface area (Å²) >= 11 is 6.20. The van der Waals surface area contributed by atoms with Crippen LogP contribution in [0.1, 0.15) is 24.2 Å². The Balaban J connectivity index is 1.51. The minimum atomic E-state index is -0.0826. The molecule has 150 valence electrons. The number of nitrogens with one attached hydrogen (secondary N) is 1. The number of carbonyl (C=O) groups excluding carboxylic acids is 1. The van der Waals surface area contributed by atoms with Crippen molar-refractivity contribution in [1.82, 2.24) is 15.3 Å². The largest absolute Gasteiger partial charge is 0.497 e. The normalized spacial score (nSPS) is 13.7. The maximum absolute atomic E-state index is 12.4. The van der Waals surface area contributed by atoms with Crippen LogP contribution in [0.3, 0.4) is 0 Å². The summed E-state index contributed by atoms with van der Waals surface area (Å²) in [6.07, 6.45) is 2.58. The lowest BCUT2D eigenvalue weighted by molar-refractivity contribution is -0.120. The number of aromatic nitrogens is 2. The Labute approximate surface area is 174 Å². The van der Waals surface area contributed by atoms with Gasteiger partial charge in [-0.1, -0.05) is 23.7 Å². The molecule has 0 bridgehead atoms. The molecule has 6 nitrogen and oxygen atoms in total. The third kappa shape index (κ3) is 4.59. The fourth-order valence-electron chi connectivity index (χ4n) is 3.59. The summed E-state index contributed by atoms with van der Waals surface area (Å²) in [4.78, 5) is 24.0. The molecule has 1 aliphatic rings. The first-order valence-corrected chi connectivity index (χ1v) is 10.1. The number of halogens is 1. The number of carbonyl (C=O) groups is 1. The molecule has 29 heavy (non-hydrogen) atoms. The van der Waals surface area contributed by atoms with Crippen molar-refractivity contribution >= 4 is 34.2 Å². The van der Waals surface area contributed by atoms with E-state index in [0.717, 1.165) is 54.0 Å². The molecule has 2 aromatic carbocycles. The van der Waals surface area contributed by atoms with Gasteiger partial charge in [0.1, 0.15) is 11.6 Å². The Morgan fingerprint density at radius 1 is 1.17 bits per heavy atom. The lowest BCUT2D eigenvalue weighted by Crippen LogP contribution is -2.26. The average Bonchev–Trinajstić information content (AvgIpc) is 3.26. The van der Waals surface area contributed by atoms with Gasteiger partial charge in [0.25, 0.3) is 0 Å². The van der Waals surface area contributed by atoms with Crippen LogP contribution in [-0.4, -0.2) is 36.1 Å². The molecule has 7 heteroatoms. The van der Waals surface area contributed by atoms with Gasteiger partial charge in [-0.2, -0.15) is 0 Å². The number of fused-ring (bicyclic) bond motifs is 1. The van der Waals surface area contributed by atoms with Crippen LogP contribution in [0.15, 0.2) is 42.5 Å². The second-order valence-electron chi connectivity index (χ2n) is 7.12. The zero-order valence-electron chi connectivity index (χ0n) is 16.3. The van der Waals surface area contributed by atoms with Gasteiger partial charge in [-0.15, -0.1) is 0 Å². The Kier molecular flexibility index (Phi) is 5.81. The second kappa shape index (κ2) is 8.66. The van der Waals surface area contributed by atoms with Crippen molar-refractivity contribution in [2.45, 2.75) is 25.8 Å². The molecule has 1 aromatic heterocycles. The molecule has 0 aliphatic carbocycles. The smallest absolute Gasteiger partial charge is 0.224 e. The number of nitrogens with zero attached hydrogens (tertiary/aromatic N) is 3. The third-order valence-electron chi connectivity index (χ3n) is 5.03. The van der Waals surface area contributed by atoms with Gasteiger partial charge in [-0.25, -0.2) is 9.97 Å². The van der Waals surface area contributed by atoms with Gasteiger partial charge in [0.15, 0.2) is 5.82 Å². The quantitative estimate of drug-likeness (QED) is 0.670. The lowest BCUT2D eigenvalue weighted by atomic mass is 10.1. The van der Waals surface area contributed by atoms with E-state index in [1.54, 1.807) is 7.11 Å². The van der Waals surface area contributed by atoms with Crippen LogP contribution in [0, 0.1) is 0 Å². The maximum atomic E-state index is 12.4. The molecule has 2 heterocycles. The number of hydrogen-bond acceptors (Lipinski definition) is 5. The van der Waals surface area contributed by atoms with Crippen molar-refractivity contribution in [3.05, 3.63) is 58.9 Å². The molecule has 1 amide bonds. The van der Waals surface area contributed by atoms with Crippen LogP contribution >= 0.6 is 11.6 Å². The average molecular weight is 411 g/mol. The minimum absolute atomic E-state index is 0.0826. The summed E-state index contributed by atoms with van der Waals surface area (Å²) in [6.45, 7) is 2.22. The van der Waals surface area contributed by atoms with Crippen LogP contribution in [0.25, 0.3) is 10.9 Å². The number of benzene rings is 2. The molecule has 0 spiro atoms. The second-order valence-corrected chi connectivity index (χ2v) is 7.56. The van der Waals surface area contributed by atoms with E-state index >= 15 is 0 Å². The number of rotatable bonds is 6. The predicted molar refractivity (Wildman–Crippen MR) is 115 cm³/mol. The molecular formula is C22H23ClN4O2. The molecule has 0 radical (unpaired) electrons. The van der Waals surface area contributed by atoms with E-state index in [1.165, 1.54) is 0 Å². The van der Waals surface area contributed by atoms with E-state index < -0.39 is 0 Å². The highest BCUT2D eigenvalue weighted by atomic mass is 35.5. The Morgan fingerprint density at radius 2 is 2.00 bits per heavy atom. The highest BCUT2D eigenvalue weighted by Crippen LogP contribution is 2.29. The number of anilines is 1. The lowest BCUT2D eigenvalue weighted by Gasteiger charge is -2.19. The van der Waals surface area contributed by atoms with E-state index in [-0.39, 0.29) is 18.9 Å². The van der Waals surface area contributed by atoms with Gasteiger partial charge in [-0.05, 0) is 48.7 Å². The van der Waals surface area contributed by atoms with Gasteiger partial charge < -0.3 is 15.0 Å². The molecule has 1 fully saturated rings. The van der Waals surface area contributed by atoms with Gasteiger partial charge in [0.2, 0.25) is 5.91 Å². The van der Waals surface area contributed by atoms with Gasteiger partial charge >= 0.3 is 0 Å². The molecule has 4 rings (SSSR count). The number of methoxy groups -OCH3 is 1. The van der Waals surface area contributed by atoms with E-state index in [9.17, 15) is 4.79 Å². The fourth-order valence-corrected chi connectivity index (χ4v) is 3.76. The Morgan fingerprint density at radius 3 is 2.79 bits per heavy atom. The first kappa shape index (κ1) is 19.5. The molecule has 0 unspecified atom stereocenters. The topological polar surface area (TPSA) is 67.3 Å². The van der Waals surface area contributed by atoms with Crippen molar-refractivity contribution in [2.24, 2.45) is 0 Å². The summed E-state index contributed by atoms with van der Waals surface area (Å²) in [5.74, 6) is 2.15. The summed E-state index contributed by atoms with van der Waals surface area (Å²) in [6, 6.07) is 13.1. The maximum Gasteiger partial charge on any atom is 0.224 e. The molecule has 3 aromatic rings. The van der Waals surface area contributed by atoms with Crippen LogP contribution in [0.4, 0.5) is 5.82 Å². The predicted octanol–water partition coefficient (Wildman–Crippen LogP) is 3.75. The first-order valence-electron chi connectivity index (χ1n) is 9.73. The monoisotopic (exact) mass is 410 g/mol. The SMILES string of the molecule is COc1cccc(CC(=O)NCc2nc(N3CCCC3)c3cc(Cl)ccc3n2)c1. The van der Waals surface area contributed by atoms with Gasteiger partial charge in [-0.3, -0.25) is 4.79 Å². The standard InChI is InChI=1S/C22H23ClN4O2/c1-29-17-6-4-5-15(11-17)12-21(28)24-14-20-25-19-8-7-16(23)13-18(19)22(26-20)27-9-2-3-10-27/h4-8,11,13H,2-3,9-10,12,14H2,1H3,(H,24,28). The third-order valence-corrected chi connectivity index (χ3v) is 5.27. The Bertz CT molecular complexity index is 1030.